The Morgan fingerprint density at radius 2 is 2.11 bits per heavy atom. The lowest BCUT2D eigenvalue weighted by Gasteiger charge is -2.36. The van der Waals surface area contributed by atoms with Crippen LogP contribution in [0.15, 0.2) is 41.6 Å². The number of carbonyl (C=O) groups is 1. The van der Waals surface area contributed by atoms with E-state index in [2.05, 4.69) is 15.7 Å². The van der Waals surface area contributed by atoms with Gasteiger partial charge in [-0.2, -0.15) is 5.10 Å². The molecule has 0 bridgehead atoms. The molecule has 1 saturated heterocycles. The predicted octanol–water partition coefficient (Wildman–Crippen LogP) is 2.42. The molecule has 2 N–H and O–H groups in total. The predicted molar refractivity (Wildman–Crippen MR) is 110 cm³/mol. The van der Waals surface area contributed by atoms with Crippen LogP contribution in [0.4, 0.5) is 5.69 Å². The fraction of sp³-hybridized carbons (Fsp3) is 0.474. The van der Waals surface area contributed by atoms with Gasteiger partial charge in [0, 0.05) is 12.8 Å². The molecule has 1 saturated carbocycles. The third kappa shape index (κ3) is 3.68. The maximum atomic E-state index is 13.1. The van der Waals surface area contributed by atoms with Crippen molar-refractivity contribution in [3.63, 3.8) is 0 Å². The number of aromatic nitrogens is 2. The number of carbonyl (C=O) groups excluding carboxylic acids is 1. The molecule has 2 heterocycles. The Morgan fingerprint density at radius 1 is 1.32 bits per heavy atom. The molecule has 2 fully saturated rings. The fourth-order valence-corrected chi connectivity index (χ4v) is 5.29. The largest absolute Gasteiger partial charge is 0.323 e. The lowest BCUT2D eigenvalue weighted by Crippen LogP contribution is -2.44. The van der Waals surface area contributed by atoms with Gasteiger partial charge in [0.15, 0.2) is 9.84 Å². The lowest BCUT2D eigenvalue weighted by molar-refractivity contribution is -0.128. The minimum Gasteiger partial charge on any atom is -0.323 e. The number of halogens is 1. The average molecular weight is 425 g/mol. The van der Waals surface area contributed by atoms with Crippen LogP contribution in [-0.2, 0) is 14.6 Å². The highest BCUT2D eigenvalue weighted by Gasteiger charge is 2.49. The third-order valence-corrected chi connectivity index (χ3v) is 6.99. The molecule has 0 unspecified atom stereocenters. The third-order valence-electron chi connectivity index (χ3n) is 5.84. The first-order chi connectivity index (χ1) is 12.9. The SMILES string of the molecule is CS(=O)(=O)c1ccccc1-n1cc(NC(=O)[C@@]23CCCC[C@H]2CNC3)cn1.Cl. The van der Waals surface area contributed by atoms with E-state index in [9.17, 15) is 13.2 Å². The molecule has 1 aromatic heterocycles. The molecule has 28 heavy (non-hydrogen) atoms. The van der Waals surface area contributed by atoms with Gasteiger partial charge in [0.05, 0.1) is 34.1 Å². The van der Waals surface area contributed by atoms with Crippen LogP contribution in [0.3, 0.4) is 0 Å². The normalized spacial score (nSPS) is 24.2. The van der Waals surface area contributed by atoms with Gasteiger partial charge >= 0.3 is 0 Å². The van der Waals surface area contributed by atoms with Crippen molar-refractivity contribution in [3.8, 4) is 5.69 Å². The Labute approximate surface area is 171 Å². The van der Waals surface area contributed by atoms with Crippen LogP contribution in [0.5, 0.6) is 0 Å². The Morgan fingerprint density at radius 3 is 2.89 bits per heavy atom. The number of benzene rings is 1. The zero-order valence-corrected chi connectivity index (χ0v) is 17.4. The van der Waals surface area contributed by atoms with E-state index in [1.54, 1.807) is 36.7 Å². The molecule has 1 aromatic carbocycles. The van der Waals surface area contributed by atoms with E-state index in [0.717, 1.165) is 25.8 Å². The van der Waals surface area contributed by atoms with Crippen LogP contribution in [0.25, 0.3) is 5.69 Å². The van der Waals surface area contributed by atoms with Crippen LogP contribution in [0.2, 0.25) is 0 Å². The van der Waals surface area contributed by atoms with E-state index in [4.69, 9.17) is 0 Å². The van der Waals surface area contributed by atoms with Crippen LogP contribution in [0.1, 0.15) is 25.7 Å². The van der Waals surface area contributed by atoms with Crippen molar-refractivity contribution in [2.45, 2.75) is 30.6 Å². The Balaban J connectivity index is 0.00000225. The second-order valence-corrected chi connectivity index (χ2v) is 9.58. The first-order valence-corrected chi connectivity index (χ1v) is 11.2. The highest BCUT2D eigenvalue weighted by molar-refractivity contribution is 7.90. The highest BCUT2D eigenvalue weighted by Crippen LogP contribution is 2.44. The summed E-state index contributed by atoms with van der Waals surface area (Å²) in [6, 6.07) is 6.70. The smallest absolute Gasteiger partial charge is 0.232 e. The van der Waals surface area contributed by atoms with Crippen molar-refractivity contribution in [3.05, 3.63) is 36.7 Å². The number of amides is 1. The van der Waals surface area contributed by atoms with Gasteiger partial charge in [-0.05, 0) is 37.4 Å². The van der Waals surface area contributed by atoms with Gasteiger partial charge < -0.3 is 10.6 Å². The van der Waals surface area contributed by atoms with Crippen LogP contribution in [0, 0.1) is 11.3 Å². The number of nitrogens with zero attached hydrogens (tertiary/aromatic N) is 2. The number of anilines is 1. The standard InChI is InChI=1S/C19H24N4O3S.ClH/c1-27(25,26)17-8-3-2-7-16(17)23-12-15(11-21-23)22-18(24)19-9-5-4-6-14(19)10-20-13-19;/h2-3,7-8,11-12,14,20H,4-6,9-10,13H2,1H3,(H,22,24);1H/t14-,19+;/m0./s1. The second-order valence-electron chi connectivity index (χ2n) is 7.60. The minimum atomic E-state index is -3.38. The molecule has 0 radical (unpaired) electrons. The van der Waals surface area contributed by atoms with Crippen LogP contribution in [-0.4, -0.2) is 43.5 Å². The summed E-state index contributed by atoms with van der Waals surface area (Å²) in [6.07, 6.45) is 8.65. The van der Waals surface area contributed by atoms with Crippen molar-refractivity contribution < 1.29 is 13.2 Å². The van der Waals surface area contributed by atoms with Gasteiger partial charge in [0.1, 0.15) is 0 Å². The molecule has 2 aliphatic rings. The number of para-hydroxylation sites is 1. The van der Waals surface area contributed by atoms with Crippen molar-refractivity contribution in [1.29, 1.82) is 0 Å². The zero-order valence-electron chi connectivity index (χ0n) is 15.7. The lowest BCUT2D eigenvalue weighted by atomic mass is 9.67. The molecule has 0 spiro atoms. The molecule has 2 aromatic rings. The summed E-state index contributed by atoms with van der Waals surface area (Å²) in [5.41, 5.74) is 0.705. The minimum absolute atomic E-state index is 0. The number of rotatable bonds is 4. The maximum absolute atomic E-state index is 13.1. The van der Waals surface area contributed by atoms with E-state index in [1.807, 2.05) is 0 Å². The molecular weight excluding hydrogens is 400 g/mol. The second kappa shape index (κ2) is 7.85. The summed E-state index contributed by atoms with van der Waals surface area (Å²) in [6.45, 7) is 1.61. The van der Waals surface area contributed by atoms with Gasteiger partial charge in [0.2, 0.25) is 5.91 Å². The molecule has 1 aliphatic carbocycles. The Hall–Kier alpha value is -1.90. The van der Waals surface area contributed by atoms with E-state index < -0.39 is 9.84 Å². The number of hydrogen-bond acceptors (Lipinski definition) is 5. The Bertz CT molecular complexity index is 975. The number of nitrogens with one attached hydrogen (secondary N) is 2. The summed E-state index contributed by atoms with van der Waals surface area (Å²) < 4.78 is 25.5. The van der Waals surface area contributed by atoms with Gasteiger partial charge in [-0.15, -0.1) is 12.4 Å². The van der Waals surface area contributed by atoms with E-state index in [1.165, 1.54) is 17.4 Å². The maximum Gasteiger partial charge on any atom is 0.232 e. The van der Waals surface area contributed by atoms with Crippen molar-refractivity contribution in [1.82, 2.24) is 15.1 Å². The van der Waals surface area contributed by atoms with Gasteiger partial charge in [-0.25, -0.2) is 13.1 Å². The topological polar surface area (TPSA) is 93.1 Å². The summed E-state index contributed by atoms with van der Waals surface area (Å²) in [4.78, 5) is 13.3. The summed E-state index contributed by atoms with van der Waals surface area (Å²) in [5, 5.41) is 10.7. The van der Waals surface area contributed by atoms with Crippen molar-refractivity contribution >= 4 is 33.8 Å². The zero-order chi connectivity index (χ0) is 19.1. The molecular formula is C19H25ClN4O3S. The van der Waals surface area contributed by atoms with Gasteiger partial charge in [-0.3, -0.25) is 4.79 Å². The summed E-state index contributed by atoms with van der Waals surface area (Å²) >= 11 is 0. The molecule has 7 nitrogen and oxygen atoms in total. The number of hydrogen-bond donors (Lipinski definition) is 2. The summed E-state index contributed by atoms with van der Waals surface area (Å²) in [7, 11) is -3.38. The number of sulfone groups is 1. The molecule has 1 aliphatic heterocycles. The van der Waals surface area contributed by atoms with Crippen LogP contribution < -0.4 is 10.6 Å². The quantitative estimate of drug-likeness (QED) is 0.786. The van der Waals surface area contributed by atoms with Crippen LogP contribution >= 0.6 is 12.4 Å². The van der Waals surface area contributed by atoms with Gasteiger partial charge in [-0.1, -0.05) is 25.0 Å². The first kappa shape index (κ1) is 20.8. The molecule has 9 heteroatoms. The molecule has 1 amide bonds. The number of fused-ring (bicyclic) bond motifs is 1. The van der Waals surface area contributed by atoms with E-state index in [-0.39, 0.29) is 28.6 Å². The molecule has 2 atom stereocenters. The van der Waals surface area contributed by atoms with Crippen molar-refractivity contribution in [2.24, 2.45) is 11.3 Å². The van der Waals surface area contributed by atoms with Crippen molar-refractivity contribution in [2.75, 3.05) is 24.7 Å². The monoisotopic (exact) mass is 424 g/mol. The first-order valence-electron chi connectivity index (χ1n) is 9.26. The molecule has 152 valence electrons. The van der Waals surface area contributed by atoms with E-state index in [0.29, 0.717) is 23.8 Å². The molecule has 4 rings (SSSR count). The fourth-order valence-electron chi connectivity index (χ4n) is 4.43. The van der Waals surface area contributed by atoms with E-state index >= 15 is 0 Å². The van der Waals surface area contributed by atoms with Gasteiger partial charge in [0.25, 0.3) is 0 Å². The highest BCUT2D eigenvalue weighted by atomic mass is 35.5. The Kier molecular flexibility index (Phi) is 5.84. The average Bonchev–Trinajstić information content (AvgIpc) is 3.28. The summed E-state index contributed by atoms with van der Waals surface area (Å²) in [5.74, 6) is 0.417.